The molecule has 0 radical (unpaired) electrons. The Balaban J connectivity index is 1.33. The Labute approximate surface area is 167 Å². The highest BCUT2D eigenvalue weighted by atomic mass is 16.5. The van der Waals surface area contributed by atoms with Crippen molar-refractivity contribution in [3.8, 4) is 5.75 Å². The van der Waals surface area contributed by atoms with Crippen molar-refractivity contribution in [2.75, 3.05) is 38.2 Å². The minimum absolute atomic E-state index is 0.00419. The van der Waals surface area contributed by atoms with Crippen molar-refractivity contribution in [1.29, 1.82) is 0 Å². The van der Waals surface area contributed by atoms with E-state index in [1.54, 1.807) is 12.0 Å². The number of hydrogen-bond acceptors (Lipinski definition) is 4. The summed E-state index contributed by atoms with van der Waals surface area (Å²) < 4.78 is 5.25. The maximum atomic E-state index is 12.8. The summed E-state index contributed by atoms with van der Waals surface area (Å²) in [6.07, 6.45) is 6.57. The van der Waals surface area contributed by atoms with E-state index in [1.807, 2.05) is 24.3 Å². The zero-order valence-electron chi connectivity index (χ0n) is 16.7. The first kappa shape index (κ1) is 19.2. The smallest absolute Gasteiger partial charge is 0.227 e. The molecule has 0 bridgehead atoms. The molecule has 0 unspecified atom stereocenters. The number of carbonyl (C=O) groups excluding carboxylic acids is 2. The van der Waals surface area contributed by atoms with E-state index in [0.29, 0.717) is 24.3 Å². The van der Waals surface area contributed by atoms with Gasteiger partial charge >= 0.3 is 0 Å². The zero-order chi connectivity index (χ0) is 19.5. The summed E-state index contributed by atoms with van der Waals surface area (Å²) in [5.41, 5.74) is 0.796. The Morgan fingerprint density at radius 3 is 2.93 bits per heavy atom. The summed E-state index contributed by atoms with van der Waals surface area (Å²) >= 11 is 0. The fourth-order valence-corrected chi connectivity index (χ4v) is 5.10. The summed E-state index contributed by atoms with van der Waals surface area (Å²) in [6.45, 7) is 3.60. The summed E-state index contributed by atoms with van der Waals surface area (Å²) in [5.74, 6) is 1.01. The molecular formula is C22H31N3O3. The second-order valence-electron chi connectivity index (χ2n) is 8.35. The van der Waals surface area contributed by atoms with Crippen LogP contribution in [0.15, 0.2) is 24.3 Å². The number of methoxy groups -OCH3 is 1. The van der Waals surface area contributed by atoms with Crippen molar-refractivity contribution < 1.29 is 14.3 Å². The van der Waals surface area contributed by atoms with Gasteiger partial charge in [0.05, 0.1) is 13.0 Å². The van der Waals surface area contributed by atoms with Gasteiger partial charge in [0.15, 0.2) is 0 Å². The Bertz CT molecular complexity index is 721. The van der Waals surface area contributed by atoms with E-state index in [0.717, 1.165) is 12.2 Å². The van der Waals surface area contributed by atoms with Crippen LogP contribution >= 0.6 is 0 Å². The molecule has 1 N–H and O–H groups in total. The predicted octanol–water partition coefficient (Wildman–Crippen LogP) is 2.43. The van der Waals surface area contributed by atoms with Crippen molar-refractivity contribution in [2.45, 2.75) is 44.6 Å². The van der Waals surface area contributed by atoms with Crippen molar-refractivity contribution in [2.24, 2.45) is 11.8 Å². The highest BCUT2D eigenvalue weighted by Gasteiger charge is 2.37. The third kappa shape index (κ3) is 4.02. The lowest BCUT2D eigenvalue weighted by atomic mass is 9.83. The molecule has 6 nitrogen and oxygen atoms in total. The molecule has 3 atom stereocenters. The number of amides is 2. The number of rotatable bonds is 5. The molecule has 28 heavy (non-hydrogen) atoms. The van der Waals surface area contributed by atoms with Crippen LogP contribution in [0.2, 0.25) is 0 Å². The van der Waals surface area contributed by atoms with Crippen LogP contribution in [0, 0.1) is 11.8 Å². The van der Waals surface area contributed by atoms with Crippen molar-refractivity contribution in [1.82, 2.24) is 10.2 Å². The van der Waals surface area contributed by atoms with Crippen molar-refractivity contribution in [3.63, 3.8) is 0 Å². The summed E-state index contributed by atoms with van der Waals surface area (Å²) in [7, 11) is 1.61. The molecule has 3 aliphatic heterocycles. The summed E-state index contributed by atoms with van der Waals surface area (Å²) in [6, 6.07) is 8.08. The third-order valence-electron chi connectivity index (χ3n) is 6.63. The van der Waals surface area contributed by atoms with Crippen LogP contribution in [-0.2, 0) is 9.59 Å². The number of anilines is 1. The molecule has 4 rings (SSSR count). The molecule has 0 aromatic heterocycles. The number of ether oxygens (including phenoxy) is 1. The summed E-state index contributed by atoms with van der Waals surface area (Å²) in [4.78, 5) is 29.6. The second-order valence-corrected chi connectivity index (χ2v) is 8.35. The first-order chi connectivity index (χ1) is 13.7. The summed E-state index contributed by atoms with van der Waals surface area (Å²) in [5, 5.41) is 3.17. The first-order valence-electron chi connectivity index (χ1n) is 10.6. The van der Waals surface area contributed by atoms with E-state index < -0.39 is 0 Å². The monoisotopic (exact) mass is 385 g/mol. The lowest BCUT2D eigenvalue weighted by Gasteiger charge is -2.44. The molecule has 1 aromatic carbocycles. The average molecular weight is 386 g/mol. The van der Waals surface area contributed by atoms with Gasteiger partial charge in [0.1, 0.15) is 5.75 Å². The van der Waals surface area contributed by atoms with Crippen LogP contribution in [0.5, 0.6) is 5.75 Å². The minimum Gasteiger partial charge on any atom is -0.497 e. The van der Waals surface area contributed by atoms with Crippen LogP contribution in [0.3, 0.4) is 0 Å². The standard InChI is InChI=1S/C22H31N3O3/c1-28-19-8-4-7-18(13-19)25-15-17(12-21(25)26)22(27)23-14-16-6-5-11-24-10-3-2-9-20(16)24/h4,7-8,13,16-17,20H,2-3,5-6,9-12,14-15H2,1H3,(H,23,27)/t16-,17-,20-/m1/s1. The molecule has 152 valence electrons. The van der Waals surface area contributed by atoms with Gasteiger partial charge in [-0.1, -0.05) is 12.5 Å². The van der Waals surface area contributed by atoms with Crippen LogP contribution in [0.25, 0.3) is 0 Å². The Kier molecular flexibility index (Phi) is 5.85. The molecular weight excluding hydrogens is 354 g/mol. The number of fused-ring (bicyclic) bond motifs is 1. The van der Waals surface area contributed by atoms with Crippen LogP contribution < -0.4 is 15.0 Å². The first-order valence-corrected chi connectivity index (χ1v) is 10.6. The quantitative estimate of drug-likeness (QED) is 0.846. The molecule has 0 spiro atoms. The topological polar surface area (TPSA) is 61.9 Å². The molecule has 6 heteroatoms. The molecule has 3 heterocycles. The molecule has 3 fully saturated rings. The normalized spacial score (nSPS) is 28.1. The van der Waals surface area contributed by atoms with Gasteiger partial charge in [0, 0.05) is 37.3 Å². The van der Waals surface area contributed by atoms with Crippen LogP contribution in [0.1, 0.15) is 38.5 Å². The van der Waals surface area contributed by atoms with E-state index in [9.17, 15) is 9.59 Å². The van der Waals surface area contributed by atoms with E-state index in [-0.39, 0.29) is 24.2 Å². The van der Waals surface area contributed by atoms with Gasteiger partial charge in [-0.3, -0.25) is 9.59 Å². The number of benzene rings is 1. The minimum atomic E-state index is -0.273. The lowest BCUT2D eigenvalue weighted by Crippen LogP contribution is -2.51. The highest BCUT2D eigenvalue weighted by Crippen LogP contribution is 2.31. The fourth-order valence-electron chi connectivity index (χ4n) is 5.10. The number of carbonyl (C=O) groups is 2. The third-order valence-corrected chi connectivity index (χ3v) is 6.63. The number of hydrogen-bond donors (Lipinski definition) is 1. The highest BCUT2D eigenvalue weighted by molar-refractivity contribution is 6.00. The van der Waals surface area contributed by atoms with E-state index in [4.69, 9.17) is 4.74 Å². The lowest BCUT2D eigenvalue weighted by molar-refractivity contribution is -0.126. The number of nitrogens with one attached hydrogen (secondary N) is 1. The van der Waals surface area contributed by atoms with E-state index in [2.05, 4.69) is 10.2 Å². The Hall–Kier alpha value is -2.08. The maximum Gasteiger partial charge on any atom is 0.227 e. The number of piperidine rings is 2. The van der Waals surface area contributed by atoms with Crippen LogP contribution in [0.4, 0.5) is 5.69 Å². The van der Waals surface area contributed by atoms with Crippen molar-refractivity contribution in [3.05, 3.63) is 24.3 Å². The largest absolute Gasteiger partial charge is 0.497 e. The van der Waals surface area contributed by atoms with Gasteiger partial charge in [-0.05, 0) is 56.8 Å². The molecule has 1 aromatic rings. The molecule has 3 aliphatic rings. The van der Waals surface area contributed by atoms with Gasteiger partial charge in [-0.15, -0.1) is 0 Å². The second kappa shape index (κ2) is 8.52. The van der Waals surface area contributed by atoms with Gasteiger partial charge in [0.25, 0.3) is 0 Å². The Morgan fingerprint density at radius 1 is 1.21 bits per heavy atom. The molecule has 0 aliphatic carbocycles. The Morgan fingerprint density at radius 2 is 2.07 bits per heavy atom. The fraction of sp³-hybridized carbons (Fsp3) is 0.636. The molecule has 0 saturated carbocycles. The molecule has 2 amide bonds. The van der Waals surface area contributed by atoms with Crippen molar-refractivity contribution >= 4 is 17.5 Å². The van der Waals surface area contributed by atoms with Gasteiger partial charge in [0.2, 0.25) is 11.8 Å². The average Bonchev–Trinajstić information content (AvgIpc) is 3.13. The van der Waals surface area contributed by atoms with Crippen LogP contribution in [-0.4, -0.2) is 56.0 Å². The van der Waals surface area contributed by atoms with E-state index >= 15 is 0 Å². The predicted molar refractivity (Wildman–Crippen MR) is 108 cm³/mol. The number of nitrogens with zero attached hydrogens (tertiary/aromatic N) is 2. The van der Waals surface area contributed by atoms with Gasteiger partial charge in [-0.2, -0.15) is 0 Å². The van der Waals surface area contributed by atoms with Gasteiger partial charge < -0.3 is 19.9 Å². The van der Waals surface area contributed by atoms with Gasteiger partial charge in [-0.25, -0.2) is 0 Å². The molecule has 3 saturated heterocycles. The van der Waals surface area contributed by atoms with E-state index in [1.165, 1.54) is 45.2 Å². The maximum absolute atomic E-state index is 12.8. The SMILES string of the molecule is COc1cccc(N2C[C@H](C(=O)NC[C@H]3CCCN4CCCC[C@H]34)CC2=O)c1. The zero-order valence-corrected chi connectivity index (χ0v) is 16.7.